The number of aryl methyl sites for hydroxylation is 1. The number of carbonyl (C=O) groups is 1. The number of sulfonamides is 1. The Morgan fingerprint density at radius 3 is 2.48 bits per heavy atom. The second-order valence-electron chi connectivity index (χ2n) is 6.52. The van der Waals surface area contributed by atoms with Crippen LogP contribution in [-0.2, 0) is 29.0 Å². The minimum atomic E-state index is -3.74. The van der Waals surface area contributed by atoms with E-state index in [2.05, 4.69) is 4.72 Å². The van der Waals surface area contributed by atoms with Gasteiger partial charge in [0.05, 0.1) is 17.5 Å². The highest BCUT2D eigenvalue weighted by Crippen LogP contribution is 2.21. The van der Waals surface area contributed by atoms with Crippen LogP contribution in [0.3, 0.4) is 0 Å². The molecule has 0 aromatic heterocycles. The van der Waals surface area contributed by atoms with Gasteiger partial charge in [-0.2, -0.15) is 0 Å². The lowest BCUT2D eigenvalue weighted by Crippen LogP contribution is -2.30. The van der Waals surface area contributed by atoms with Crippen molar-refractivity contribution in [2.75, 3.05) is 19.8 Å². The largest absolute Gasteiger partial charge is 0.493 e. The van der Waals surface area contributed by atoms with Gasteiger partial charge in [-0.1, -0.05) is 48.0 Å². The molecule has 0 spiro atoms. The van der Waals surface area contributed by atoms with Crippen LogP contribution in [0.2, 0.25) is 0 Å². The van der Waals surface area contributed by atoms with Crippen molar-refractivity contribution in [3.8, 4) is 0 Å². The van der Waals surface area contributed by atoms with E-state index < -0.39 is 22.0 Å². The van der Waals surface area contributed by atoms with Crippen LogP contribution >= 0.6 is 0 Å². The molecule has 7 nitrogen and oxygen atoms in total. The summed E-state index contributed by atoms with van der Waals surface area (Å²) in [7, 11) is -3.74. The van der Waals surface area contributed by atoms with Crippen molar-refractivity contribution in [3.05, 3.63) is 77.7 Å². The third kappa shape index (κ3) is 5.82. The monoisotopic (exact) mass is 417 g/mol. The lowest BCUT2D eigenvalue weighted by molar-refractivity contribution is -0.144. The first kappa shape index (κ1) is 20.9. The average Bonchev–Trinajstić information content (AvgIpc) is 2.74. The summed E-state index contributed by atoms with van der Waals surface area (Å²) in [5.74, 6) is -0.634. The van der Waals surface area contributed by atoms with Gasteiger partial charge in [-0.25, -0.2) is 17.9 Å². The third-order valence-corrected chi connectivity index (χ3v) is 5.81. The van der Waals surface area contributed by atoms with Crippen LogP contribution in [0.1, 0.15) is 23.6 Å². The summed E-state index contributed by atoms with van der Waals surface area (Å²) in [5.41, 5.74) is 1.74. The average molecular weight is 417 g/mol. The minimum Gasteiger partial charge on any atom is -0.493 e. The molecule has 1 aliphatic rings. The summed E-state index contributed by atoms with van der Waals surface area (Å²) in [6.07, 6.45) is 1.48. The second-order valence-corrected chi connectivity index (χ2v) is 8.24. The number of hydrogen-bond donors (Lipinski definition) is 1. The zero-order valence-corrected chi connectivity index (χ0v) is 16.9. The molecule has 0 aliphatic carbocycles. The molecular formula is C21H23NO6S. The van der Waals surface area contributed by atoms with Gasteiger partial charge in [-0.15, -0.1) is 0 Å². The normalized spacial score (nSPS) is 14.9. The van der Waals surface area contributed by atoms with E-state index in [9.17, 15) is 13.2 Å². The Morgan fingerprint density at radius 2 is 1.83 bits per heavy atom. The van der Waals surface area contributed by atoms with E-state index in [1.165, 1.54) is 6.26 Å². The predicted molar refractivity (Wildman–Crippen MR) is 106 cm³/mol. The Labute approximate surface area is 170 Å². The van der Waals surface area contributed by atoms with E-state index in [0.717, 1.165) is 11.1 Å². The van der Waals surface area contributed by atoms with Crippen molar-refractivity contribution in [2.24, 2.45) is 0 Å². The fraction of sp³-hybridized carbons (Fsp3) is 0.286. The number of benzene rings is 2. The zero-order chi connectivity index (χ0) is 20.7. The Kier molecular flexibility index (Phi) is 6.90. The SMILES string of the molecule is Cc1ccc(S(=O)(=O)N[C@@H](CCOC(=O)C2=COCCO2)c2ccccc2)cc1. The molecule has 2 aromatic rings. The van der Waals surface area contributed by atoms with E-state index in [0.29, 0.717) is 6.61 Å². The predicted octanol–water partition coefficient (Wildman–Crippen LogP) is 2.84. The number of hydrogen-bond acceptors (Lipinski definition) is 6. The maximum absolute atomic E-state index is 12.8. The van der Waals surface area contributed by atoms with Gasteiger partial charge >= 0.3 is 5.97 Å². The molecular weight excluding hydrogens is 394 g/mol. The highest BCUT2D eigenvalue weighted by molar-refractivity contribution is 7.89. The highest BCUT2D eigenvalue weighted by atomic mass is 32.2. The summed E-state index contributed by atoms with van der Waals surface area (Å²) in [6, 6.07) is 15.2. The first-order valence-corrected chi connectivity index (χ1v) is 10.7. The van der Waals surface area contributed by atoms with Gasteiger partial charge in [-0.05, 0) is 24.6 Å². The summed E-state index contributed by atoms with van der Waals surface area (Å²) in [5, 5.41) is 0. The van der Waals surface area contributed by atoms with Gasteiger partial charge in [0.1, 0.15) is 19.5 Å². The van der Waals surface area contributed by atoms with E-state index >= 15 is 0 Å². The molecule has 29 heavy (non-hydrogen) atoms. The van der Waals surface area contributed by atoms with Crippen LogP contribution < -0.4 is 4.72 Å². The maximum Gasteiger partial charge on any atom is 0.376 e. The van der Waals surface area contributed by atoms with Crippen LogP contribution in [0.5, 0.6) is 0 Å². The first-order valence-electron chi connectivity index (χ1n) is 9.21. The molecule has 1 heterocycles. The van der Waals surface area contributed by atoms with Gasteiger partial charge in [0.2, 0.25) is 15.8 Å². The fourth-order valence-electron chi connectivity index (χ4n) is 2.77. The summed E-state index contributed by atoms with van der Waals surface area (Å²) < 4.78 is 43.8. The summed E-state index contributed by atoms with van der Waals surface area (Å²) >= 11 is 0. The van der Waals surface area contributed by atoms with Crippen molar-refractivity contribution < 1.29 is 27.4 Å². The van der Waals surface area contributed by atoms with E-state index in [-0.39, 0.29) is 30.3 Å². The van der Waals surface area contributed by atoms with Crippen LogP contribution in [0, 0.1) is 6.92 Å². The van der Waals surface area contributed by atoms with Crippen LogP contribution in [0.25, 0.3) is 0 Å². The standard InChI is InChI=1S/C21H23NO6S/c1-16-7-9-18(10-8-16)29(24,25)22-19(17-5-3-2-4-6-17)11-12-28-21(23)20-15-26-13-14-27-20/h2-10,15,19,22H,11-14H2,1H3/t19-/m0/s1. The molecule has 0 saturated carbocycles. The Morgan fingerprint density at radius 1 is 1.10 bits per heavy atom. The van der Waals surface area contributed by atoms with Gasteiger partial charge in [0.25, 0.3) is 0 Å². The third-order valence-electron chi connectivity index (χ3n) is 4.32. The number of esters is 1. The number of nitrogens with one attached hydrogen (secondary N) is 1. The molecule has 1 aliphatic heterocycles. The number of rotatable bonds is 8. The summed E-state index contributed by atoms with van der Waals surface area (Å²) in [6.45, 7) is 2.56. The van der Waals surface area contributed by atoms with E-state index in [4.69, 9.17) is 14.2 Å². The molecule has 0 amide bonds. The molecule has 0 fully saturated rings. The second kappa shape index (κ2) is 9.58. The molecule has 1 atom stereocenters. The van der Waals surface area contributed by atoms with Crippen molar-refractivity contribution >= 4 is 16.0 Å². The fourth-order valence-corrected chi connectivity index (χ4v) is 4.03. The summed E-state index contributed by atoms with van der Waals surface area (Å²) in [4.78, 5) is 12.2. The van der Waals surface area contributed by atoms with E-state index in [1.807, 2.05) is 37.3 Å². The molecule has 0 saturated heterocycles. The van der Waals surface area contributed by atoms with Gasteiger partial charge in [0.15, 0.2) is 0 Å². The molecule has 8 heteroatoms. The maximum atomic E-state index is 12.8. The molecule has 2 aromatic carbocycles. The number of carbonyl (C=O) groups excluding carboxylic acids is 1. The van der Waals surface area contributed by atoms with Crippen LogP contribution in [0.4, 0.5) is 0 Å². The molecule has 0 unspecified atom stereocenters. The van der Waals surface area contributed by atoms with Crippen LogP contribution in [0.15, 0.2) is 71.5 Å². The Balaban J connectivity index is 1.69. The first-order chi connectivity index (χ1) is 14.0. The lowest BCUT2D eigenvalue weighted by atomic mass is 10.1. The minimum absolute atomic E-state index is 0.00717. The van der Waals surface area contributed by atoms with E-state index in [1.54, 1.807) is 24.3 Å². The molecule has 154 valence electrons. The van der Waals surface area contributed by atoms with Crippen molar-refractivity contribution in [1.29, 1.82) is 0 Å². The molecule has 1 N–H and O–H groups in total. The molecule has 0 bridgehead atoms. The molecule has 3 rings (SSSR count). The van der Waals surface area contributed by atoms with Gasteiger partial charge in [0, 0.05) is 6.42 Å². The smallest absolute Gasteiger partial charge is 0.376 e. The van der Waals surface area contributed by atoms with Crippen molar-refractivity contribution in [1.82, 2.24) is 4.72 Å². The zero-order valence-electron chi connectivity index (χ0n) is 16.0. The van der Waals surface area contributed by atoms with Crippen LogP contribution in [-0.4, -0.2) is 34.2 Å². The van der Waals surface area contributed by atoms with Gasteiger partial charge < -0.3 is 14.2 Å². The Bertz CT molecular complexity index is 954. The van der Waals surface area contributed by atoms with Gasteiger partial charge in [-0.3, -0.25) is 0 Å². The Hall–Kier alpha value is -2.84. The highest BCUT2D eigenvalue weighted by Gasteiger charge is 2.23. The molecule has 0 radical (unpaired) electrons. The topological polar surface area (TPSA) is 90.9 Å². The lowest BCUT2D eigenvalue weighted by Gasteiger charge is -2.20. The van der Waals surface area contributed by atoms with Crippen molar-refractivity contribution in [3.63, 3.8) is 0 Å². The van der Waals surface area contributed by atoms with Crippen molar-refractivity contribution in [2.45, 2.75) is 24.3 Å². The number of ether oxygens (including phenoxy) is 3. The quantitative estimate of drug-likeness (QED) is 0.664.